The van der Waals surface area contributed by atoms with Crippen LogP contribution >= 0.6 is 0 Å². The van der Waals surface area contributed by atoms with E-state index >= 15 is 4.39 Å². The number of alkyl halides is 3. The molecule has 0 aliphatic carbocycles. The zero-order chi connectivity index (χ0) is 35.7. The van der Waals surface area contributed by atoms with Crippen LogP contribution in [0.2, 0.25) is 0 Å². The molecule has 0 bridgehead atoms. The third kappa shape index (κ3) is 6.77. The first-order chi connectivity index (χ1) is 24.6. The molecule has 1 fully saturated rings. The number of aryl methyl sites for hydroxylation is 1. The van der Waals surface area contributed by atoms with E-state index < -0.39 is 17.6 Å². The summed E-state index contributed by atoms with van der Waals surface area (Å²) >= 11 is 0. The van der Waals surface area contributed by atoms with Crippen LogP contribution in [0.1, 0.15) is 34.5 Å². The summed E-state index contributed by atoms with van der Waals surface area (Å²) in [4.78, 5) is 34.9. The lowest BCUT2D eigenvalue weighted by atomic mass is 9.93. The number of ether oxygens (including phenoxy) is 1. The lowest BCUT2D eigenvalue weighted by Gasteiger charge is -2.37. The zero-order valence-electron chi connectivity index (χ0n) is 27.8. The summed E-state index contributed by atoms with van der Waals surface area (Å²) < 4.78 is 65.0. The minimum absolute atomic E-state index is 0.0752. The van der Waals surface area contributed by atoms with E-state index in [1.165, 1.54) is 12.1 Å². The molecule has 51 heavy (non-hydrogen) atoms. The molecule has 7 rings (SSSR count). The zero-order valence-corrected chi connectivity index (χ0v) is 27.8. The molecule has 4 heterocycles. The lowest BCUT2D eigenvalue weighted by Crippen LogP contribution is -2.49. The third-order valence-electron chi connectivity index (χ3n) is 9.47. The number of aromatic nitrogens is 4. The summed E-state index contributed by atoms with van der Waals surface area (Å²) in [5.41, 5.74) is 1.92. The van der Waals surface area contributed by atoms with Gasteiger partial charge in [0.1, 0.15) is 11.4 Å². The molecule has 0 spiro atoms. The van der Waals surface area contributed by atoms with Gasteiger partial charge in [-0.1, -0.05) is 41.6 Å². The van der Waals surface area contributed by atoms with Crippen LogP contribution in [0, 0.1) is 5.82 Å². The van der Waals surface area contributed by atoms with Gasteiger partial charge in [-0.05, 0) is 47.9 Å². The molecule has 10 nitrogen and oxygen atoms in total. The van der Waals surface area contributed by atoms with Crippen LogP contribution in [0.5, 0.6) is 5.75 Å². The minimum atomic E-state index is -4.50. The Labute approximate surface area is 290 Å². The largest absolute Gasteiger partial charge is 0.496 e. The van der Waals surface area contributed by atoms with Crippen molar-refractivity contribution in [1.82, 2.24) is 29.8 Å². The van der Waals surface area contributed by atoms with Crippen molar-refractivity contribution in [1.29, 1.82) is 0 Å². The number of H-pyrrole nitrogens is 1. The van der Waals surface area contributed by atoms with Crippen LogP contribution in [0.4, 0.5) is 23.2 Å². The number of benzene rings is 3. The Balaban J connectivity index is 1.18. The first-order valence-corrected chi connectivity index (χ1v) is 16.6. The molecule has 264 valence electrons. The average Bonchev–Trinajstić information content (AvgIpc) is 3.85. The number of para-hydroxylation sites is 2. The number of anilines is 1. The van der Waals surface area contributed by atoms with Gasteiger partial charge < -0.3 is 24.4 Å². The highest BCUT2D eigenvalue weighted by Gasteiger charge is 2.36. The number of amides is 2. The monoisotopic (exact) mass is 701 g/mol. The smallest absolute Gasteiger partial charge is 0.418 e. The van der Waals surface area contributed by atoms with Gasteiger partial charge in [0.2, 0.25) is 5.91 Å². The molecule has 0 saturated carbocycles. The van der Waals surface area contributed by atoms with Crippen LogP contribution < -0.4 is 9.64 Å². The maximum absolute atomic E-state index is 16.6. The summed E-state index contributed by atoms with van der Waals surface area (Å²) in [5, 5.41) is 8.16. The lowest BCUT2D eigenvalue weighted by molar-refractivity contribution is -0.137. The maximum Gasteiger partial charge on any atom is 0.418 e. The topological polar surface area (TPSA) is 99.6 Å². The number of piperazine rings is 1. The Morgan fingerprint density at radius 1 is 0.922 bits per heavy atom. The van der Waals surface area contributed by atoms with Gasteiger partial charge in [0, 0.05) is 74.1 Å². The standard InChI is InChI=1S/C37H35F4N7O3/c1-51-32-11-5-2-8-25(32)27-21-26(24-7-6-14-47(23-24)33(49)12-15-48-16-13-42-44-48)34(38)35-28(27)22-30(43-35)36(50)46-19-17-45(18-20-46)31-10-4-3-9-29(31)37(39,40)41/h2-5,7-11,13,16,21-22,43H,6,12,14-15,17-20,23H2,1H3. The Morgan fingerprint density at radius 2 is 1.69 bits per heavy atom. The molecule has 2 aliphatic heterocycles. The number of halogens is 4. The van der Waals surface area contributed by atoms with E-state index in [1.807, 2.05) is 24.3 Å². The van der Waals surface area contributed by atoms with E-state index in [9.17, 15) is 22.8 Å². The highest BCUT2D eigenvalue weighted by atomic mass is 19.4. The summed E-state index contributed by atoms with van der Waals surface area (Å²) in [6, 6.07) is 16.1. The van der Waals surface area contributed by atoms with Crippen LogP contribution in [0.3, 0.4) is 0 Å². The number of carbonyl (C=O) groups excluding carboxylic acids is 2. The molecule has 1 saturated heterocycles. The Bertz CT molecular complexity index is 2100. The molecule has 2 amide bonds. The van der Waals surface area contributed by atoms with Crippen molar-refractivity contribution in [3.8, 4) is 16.9 Å². The number of fused-ring (bicyclic) bond motifs is 1. The van der Waals surface area contributed by atoms with Gasteiger partial charge in [0.05, 0.1) is 30.9 Å². The Kier molecular flexibility index (Phi) is 9.23. The SMILES string of the molecule is COc1ccccc1-c1cc(C2=CCCN(C(=O)CCn3ccnn3)C2)c(F)c2[nH]c(C(=O)N3CCN(c4ccccc4C(F)(F)F)CC3)cc12. The van der Waals surface area contributed by atoms with Crippen LogP contribution in [-0.2, 0) is 17.5 Å². The van der Waals surface area contributed by atoms with Crippen molar-refractivity contribution in [3.63, 3.8) is 0 Å². The molecule has 3 aromatic carbocycles. The number of aromatic amines is 1. The number of methoxy groups -OCH3 is 1. The fourth-order valence-electron chi connectivity index (χ4n) is 6.88. The molecule has 0 radical (unpaired) electrons. The molecule has 14 heteroatoms. The van der Waals surface area contributed by atoms with Gasteiger partial charge in [0.25, 0.3) is 5.91 Å². The number of nitrogens with one attached hydrogen (secondary N) is 1. The summed E-state index contributed by atoms with van der Waals surface area (Å²) in [5.74, 6) is -0.470. The highest BCUT2D eigenvalue weighted by molar-refractivity contribution is 6.05. The van der Waals surface area contributed by atoms with E-state index in [0.717, 1.165) is 6.07 Å². The molecule has 0 atom stereocenters. The molecule has 5 aromatic rings. The number of nitrogens with zero attached hydrogens (tertiary/aromatic N) is 6. The van der Waals surface area contributed by atoms with Gasteiger partial charge in [-0.3, -0.25) is 14.3 Å². The van der Waals surface area contributed by atoms with Crippen LogP contribution in [-0.4, -0.2) is 88.0 Å². The predicted octanol–water partition coefficient (Wildman–Crippen LogP) is 6.26. The minimum Gasteiger partial charge on any atom is -0.496 e. The molecule has 0 unspecified atom stereocenters. The Morgan fingerprint density at radius 3 is 2.43 bits per heavy atom. The molecule has 1 N–H and O–H groups in total. The highest BCUT2D eigenvalue weighted by Crippen LogP contribution is 2.41. The van der Waals surface area contributed by atoms with Crippen LogP contribution in [0.25, 0.3) is 27.6 Å². The second-order valence-corrected chi connectivity index (χ2v) is 12.5. The van der Waals surface area contributed by atoms with Crippen molar-refractivity contribution in [3.05, 3.63) is 102 Å². The summed E-state index contributed by atoms with van der Waals surface area (Å²) in [7, 11) is 1.55. The fourth-order valence-corrected chi connectivity index (χ4v) is 6.88. The van der Waals surface area contributed by atoms with Gasteiger partial charge in [-0.2, -0.15) is 13.2 Å². The van der Waals surface area contributed by atoms with Gasteiger partial charge in [-0.15, -0.1) is 5.10 Å². The average molecular weight is 702 g/mol. The van der Waals surface area contributed by atoms with Gasteiger partial charge >= 0.3 is 6.18 Å². The number of hydrogen-bond donors (Lipinski definition) is 1. The van der Waals surface area contributed by atoms with E-state index in [2.05, 4.69) is 15.3 Å². The first-order valence-electron chi connectivity index (χ1n) is 16.6. The van der Waals surface area contributed by atoms with E-state index in [1.54, 1.807) is 63.2 Å². The predicted molar refractivity (Wildman–Crippen MR) is 184 cm³/mol. The van der Waals surface area contributed by atoms with Crippen molar-refractivity contribution in [2.45, 2.75) is 25.6 Å². The number of rotatable bonds is 8. The first kappa shape index (κ1) is 33.8. The van der Waals surface area contributed by atoms with Gasteiger partial charge in [-0.25, -0.2) is 4.39 Å². The molecule has 2 aromatic heterocycles. The Hall–Kier alpha value is -5.66. The fraction of sp³-hybridized carbons (Fsp3) is 0.297. The van der Waals surface area contributed by atoms with Gasteiger partial charge in [0.15, 0.2) is 5.82 Å². The van der Waals surface area contributed by atoms with Crippen molar-refractivity contribution in [2.75, 3.05) is 51.3 Å². The number of carbonyl (C=O) groups is 2. The number of hydrogen-bond acceptors (Lipinski definition) is 6. The third-order valence-corrected chi connectivity index (χ3v) is 9.47. The van der Waals surface area contributed by atoms with Crippen molar-refractivity contribution < 1.29 is 31.9 Å². The van der Waals surface area contributed by atoms with Crippen LogP contribution in [0.15, 0.2) is 79.1 Å². The molecular formula is C37H35F4N7O3. The quantitative estimate of drug-likeness (QED) is 0.192. The van der Waals surface area contributed by atoms with E-state index in [0.29, 0.717) is 52.9 Å². The van der Waals surface area contributed by atoms with Crippen molar-refractivity contribution in [2.24, 2.45) is 0 Å². The summed E-state index contributed by atoms with van der Waals surface area (Å²) in [6.45, 7) is 1.85. The second-order valence-electron chi connectivity index (χ2n) is 12.5. The van der Waals surface area contributed by atoms with E-state index in [-0.39, 0.29) is 67.9 Å². The van der Waals surface area contributed by atoms with E-state index in [4.69, 9.17) is 4.74 Å². The molecule has 2 aliphatic rings. The molecular weight excluding hydrogens is 666 g/mol. The van der Waals surface area contributed by atoms with Crippen molar-refractivity contribution >= 4 is 34.0 Å². The second kappa shape index (κ2) is 13.9. The normalized spacial score (nSPS) is 15.3. The summed E-state index contributed by atoms with van der Waals surface area (Å²) in [6.07, 6.45) is 1.42. The maximum atomic E-state index is 16.6.